The van der Waals surface area contributed by atoms with Gasteiger partial charge in [0.2, 0.25) is 0 Å². The summed E-state index contributed by atoms with van der Waals surface area (Å²) < 4.78 is 6.84. The molecular weight excluding hydrogens is 304 g/mol. The van der Waals surface area contributed by atoms with E-state index in [-0.39, 0.29) is 0 Å². The molecule has 0 amide bonds. The zero-order chi connectivity index (χ0) is 13.4. The number of ether oxygens (including phenoxy) is 1. The van der Waals surface area contributed by atoms with E-state index >= 15 is 0 Å². The Morgan fingerprint density at radius 2 is 2.26 bits per heavy atom. The third-order valence-electron chi connectivity index (χ3n) is 3.52. The van der Waals surface area contributed by atoms with E-state index in [1.165, 1.54) is 16.7 Å². The fourth-order valence-electron chi connectivity index (χ4n) is 2.51. The first-order chi connectivity index (χ1) is 9.15. The molecule has 0 atom stereocenters. The highest BCUT2D eigenvalue weighted by molar-refractivity contribution is 9.10. The summed E-state index contributed by atoms with van der Waals surface area (Å²) in [5.74, 6) is 1.62. The second-order valence-electron chi connectivity index (χ2n) is 4.82. The van der Waals surface area contributed by atoms with Crippen LogP contribution in [-0.2, 0) is 12.8 Å². The number of aryl methyl sites for hydroxylation is 1. The number of hydrogen-bond acceptors (Lipinski definition) is 3. The molecule has 2 N–H and O–H groups in total. The number of pyridine rings is 1. The second kappa shape index (κ2) is 4.85. The van der Waals surface area contributed by atoms with Crippen LogP contribution in [0.15, 0.2) is 28.9 Å². The van der Waals surface area contributed by atoms with Crippen molar-refractivity contribution in [3.63, 3.8) is 0 Å². The molecule has 2 aromatic rings. The normalized spacial score (nSPS) is 13.2. The van der Waals surface area contributed by atoms with Gasteiger partial charge in [-0.15, -0.1) is 0 Å². The minimum atomic E-state index is 0.603. The number of nitrogens with two attached hydrogens (primary N) is 1. The molecular formula is C15H15BrN2O. The van der Waals surface area contributed by atoms with Gasteiger partial charge < -0.3 is 10.5 Å². The summed E-state index contributed by atoms with van der Waals surface area (Å²) in [5.41, 5.74) is 10.7. The molecule has 1 aliphatic rings. The molecule has 0 aliphatic carbocycles. The maximum atomic E-state index is 5.99. The van der Waals surface area contributed by atoms with Gasteiger partial charge in [-0.05, 0) is 36.2 Å². The average Bonchev–Trinajstić information content (AvgIpc) is 2.81. The van der Waals surface area contributed by atoms with Crippen molar-refractivity contribution in [3.8, 4) is 5.75 Å². The van der Waals surface area contributed by atoms with Gasteiger partial charge >= 0.3 is 0 Å². The zero-order valence-corrected chi connectivity index (χ0v) is 12.3. The van der Waals surface area contributed by atoms with Crippen molar-refractivity contribution in [3.05, 3.63) is 51.1 Å². The number of hydrogen-bond donors (Lipinski definition) is 1. The van der Waals surface area contributed by atoms with E-state index in [1.54, 1.807) is 6.20 Å². The van der Waals surface area contributed by atoms with Crippen LogP contribution in [0.2, 0.25) is 0 Å². The first-order valence-corrected chi connectivity index (χ1v) is 7.08. The number of aromatic nitrogens is 1. The van der Waals surface area contributed by atoms with Crippen molar-refractivity contribution in [1.29, 1.82) is 0 Å². The summed E-state index contributed by atoms with van der Waals surface area (Å²) in [7, 11) is 0. The molecule has 2 heterocycles. The molecule has 3 rings (SSSR count). The van der Waals surface area contributed by atoms with Crippen molar-refractivity contribution in [2.75, 3.05) is 12.3 Å². The minimum absolute atomic E-state index is 0.603. The van der Waals surface area contributed by atoms with Gasteiger partial charge in [-0.3, -0.25) is 0 Å². The summed E-state index contributed by atoms with van der Waals surface area (Å²) in [6, 6.07) is 6.23. The Bertz CT molecular complexity index is 620. The lowest BCUT2D eigenvalue weighted by molar-refractivity contribution is 0.354. The summed E-state index contributed by atoms with van der Waals surface area (Å²) >= 11 is 3.56. The van der Waals surface area contributed by atoms with E-state index in [2.05, 4.69) is 40.0 Å². The number of nitrogen functional groups attached to an aromatic ring is 1. The molecule has 0 saturated heterocycles. The van der Waals surface area contributed by atoms with Crippen molar-refractivity contribution in [2.45, 2.75) is 19.8 Å². The molecule has 1 aliphatic heterocycles. The topological polar surface area (TPSA) is 48.1 Å². The molecule has 98 valence electrons. The minimum Gasteiger partial charge on any atom is -0.493 e. The van der Waals surface area contributed by atoms with Gasteiger partial charge in [0.15, 0.2) is 0 Å². The Morgan fingerprint density at radius 1 is 1.42 bits per heavy atom. The molecule has 0 saturated carbocycles. The number of anilines is 1. The van der Waals surface area contributed by atoms with Crippen molar-refractivity contribution in [2.24, 2.45) is 0 Å². The highest BCUT2D eigenvalue weighted by Crippen LogP contribution is 2.35. The molecule has 0 unspecified atom stereocenters. The molecule has 0 spiro atoms. The fraction of sp³-hybridized carbons (Fsp3) is 0.267. The van der Waals surface area contributed by atoms with Crippen LogP contribution in [0.25, 0.3) is 0 Å². The first kappa shape index (κ1) is 12.5. The summed E-state index contributed by atoms with van der Waals surface area (Å²) in [4.78, 5) is 4.18. The van der Waals surface area contributed by atoms with Crippen LogP contribution >= 0.6 is 15.9 Å². The molecule has 1 aromatic heterocycles. The molecule has 0 fully saturated rings. The van der Waals surface area contributed by atoms with Gasteiger partial charge in [-0.1, -0.05) is 15.9 Å². The van der Waals surface area contributed by atoms with Gasteiger partial charge in [0.1, 0.15) is 11.6 Å². The summed E-state index contributed by atoms with van der Waals surface area (Å²) in [5, 5.41) is 0. The summed E-state index contributed by atoms with van der Waals surface area (Å²) in [6.07, 6.45) is 3.48. The summed E-state index contributed by atoms with van der Waals surface area (Å²) in [6.45, 7) is 2.83. The predicted octanol–water partition coefficient (Wildman–Crippen LogP) is 3.26. The highest BCUT2D eigenvalue weighted by atomic mass is 79.9. The maximum Gasteiger partial charge on any atom is 0.127 e. The molecule has 3 nitrogen and oxygen atoms in total. The molecule has 4 heteroatoms. The van der Waals surface area contributed by atoms with E-state index in [0.717, 1.165) is 35.2 Å². The Balaban J connectivity index is 2.05. The van der Waals surface area contributed by atoms with Crippen LogP contribution in [0.4, 0.5) is 5.82 Å². The van der Waals surface area contributed by atoms with E-state index in [4.69, 9.17) is 10.5 Å². The van der Waals surface area contributed by atoms with Crippen molar-refractivity contribution < 1.29 is 4.74 Å². The smallest absolute Gasteiger partial charge is 0.127 e. The number of benzene rings is 1. The van der Waals surface area contributed by atoms with E-state index < -0.39 is 0 Å². The van der Waals surface area contributed by atoms with Gasteiger partial charge in [0.05, 0.1) is 6.61 Å². The third-order valence-corrected chi connectivity index (χ3v) is 3.97. The first-order valence-electron chi connectivity index (χ1n) is 6.29. The SMILES string of the molecule is Cc1ccnc(N)c1Cc1cc(Br)cc2c1OCC2. The molecule has 1 aromatic carbocycles. The van der Waals surface area contributed by atoms with Gasteiger partial charge in [-0.2, -0.15) is 0 Å². The number of nitrogens with zero attached hydrogens (tertiary/aromatic N) is 1. The van der Waals surface area contributed by atoms with Crippen LogP contribution in [0.1, 0.15) is 22.3 Å². The van der Waals surface area contributed by atoms with Crippen LogP contribution in [0.5, 0.6) is 5.75 Å². The monoisotopic (exact) mass is 318 g/mol. The third kappa shape index (κ3) is 2.32. The van der Waals surface area contributed by atoms with Gasteiger partial charge in [0, 0.05) is 34.6 Å². The fourth-order valence-corrected chi connectivity index (χ4v) is 3.06. The lowest BCUT2D eigenvalue weighted by atomic mass is 9.99. The van der Waals surface area contributed by atoms with Gasteiger partial charge in [-0.25, -0.2) is 4.98 Å². The van der Waals surface area contributed by atoms with E-state index in [1.807, 2.05) is 6.07 Å². The standard InChI is InChI=1S/C15H15BrN2O/c1-9-2-4-18-15(17)13(9)8-11-7-12(16)6-10-3-5-19-14(10)11/h2,4,6-7H,3,5,8H2,1H3,(H2,17,18). The van der Waals surface area contributed by atoms with Crippen molar-refractivity contribution >= 4 is 21.7 Å². The van der Waals surface area contributed by atoms with Gasteiger partial charge in [0.25, 0.3) is 0 Å². The van der Waals surface area contributed by atoms with Crippen LogP contribution in [0, 0.1) is 6.92 Å². The Morgan fingerprint density at radius 3 is 3.05 bits per heavy atom. The average molecular weight is 319 g/mol. The second-order valence-corrected chi connectivity index (χ2v) is 5.74. The van der Waals surface area contributed by atoms with E-state index in [0.29, 0.717) is 5.82 Å². The molecule has 19 heavy (non-hydrogen) atoms. The predicted molar refractivity (Wildman–Crippen MR) is 79.5 cm³/mol. The largest absolute Gasteiger partial charge is 0.493 e. The van der Waals surface area contributed by atoms with Crippen LogP contribution in [-0.4, -0.2) is 11.6 Å². The Labute approximate surface area is 120 Å². The number of halogens is 1. The highest BCUT2D eigenvalue weighted by Gasteiger charge is 2.18. The molecule has 0 bridgehead atoms. The Hall–Kier alpha value is -1.55. The Kier molecular flexibility index (Phi) is 3.19. The lowest BCUT2D eigenvalue weighted by Crippen LogP contribution is -2.02. The number of rotatable bonds is 2. The van der Waals surface area contributed by atoms with E-state index in [9.17, 15) is 0 Å². The van der Waals surface area contributed by atoms with Crippen molar-refractivity contribution in [1.82, 2.24) is 4.98 Å². The number of fused-ring (bicyclic) bond motifs is 1. The van der Waals surface area contributed by atoms with Crippen LogP contribution in [0.3, 0.4) is 0 Å². The molecule has 0 radical (unpaired) electrons. The quantitative estimate of drug-likeness (QED) is 0.924. The lowest BCUT2D eigenvalue weighted by Gasteiger charge is -2.12. The zero-order valence-electron chi connectivity index (χ0n) is 10.7. The van der Waals surface area contributed by atoms with Crippen LogP contribution < -0.4 is 10.5 Å². The maximum absolute atomic E-state index is 5.99.